The number of allylic oxidation sites excluding steroid dienone is 1. The van der Waals surface area contributed by atoms with Crippen molar-refractivity contribution in [1.82, 2.24) is 0 Å². The van der Waals surface area contributed by atoms with Crippen molar-refractivity contribution in [3.05, 3.63) is 11.6 Å². The minimum absolute atomic E-state index is 0.00650. The quantitative estimate of drug-likeness (QED) is 0.616. The Balaban J connectivity index is 1.35. The summed E-state index contributed by atoms with van der Waals surface area (Å²) in [5.74, 6) is 3.15. The zero-order valence-corrected chi connectivity index (χ0v) is 16.5. The van der Waals surface area contributed by atoms with Crippen molar-refractivity contribution in [1.29, 1.82) is 0 Å². The third kappa shape index (κ3) is 5.69. The molecule has 1 saturated heterocycles. The molecule has 144 valence electrons. The molecule has 0 radical (unpaired) electrons. The highest BCUT2D eigenvalue weighted by atomic mass is 35.5. The van der Waals surface area contributed by atoms with E-state index in [2.05, 4.69) is 13.0 Å². The van der Waals surface area contributed by atoms with E-state index in [4.69, 9.17) is 25.8 Å². The van der Waals surface area contributed by atoms with Crippen LogP contribution in [0.5, 0.6) is 0 Å². The Kier molecular flexibility index (Phi) is 8.10. The van der Waals surface area contributed by atoms with Gasteiger partial charge < -0.3 is 14.2 Å². The van der Waals surface area contributed by atoms with Gasteiger partial charge in [-0.3, -0.25) is 0 Å². The zero-order valence-electron chi connectivity index (χ0n) is 15.7. The summed E-state index contributed by atoms with van der Waals surface area (Å²) in [6, 6.07) is 0. The highest BCUT2D eigenvalue weighted by Crippen LogP contribution is 2.43. The standard InChI is InChI=1S/C21H35ClO3/c1-2-13-23-20-14-24-21(25-15-20)19-9-7-18(8-10-19)17-5-3-16(4-6-17)11-12-22/h11-12,16-21H,2-10,13-15H2,1H3/b12-11+. The van der Waals surface area contributed by atoms with E-state index in [0.29, 0.717) is 19.1 Å². The third-order valence-electron chi connectivity index (χ3n) is 6.48. The number of ether oxygens (including phenoxy) is 3. The molecule has 3 rings (SSSR count). The summed E-state index contributed by atoms with van der Waals surface area (Å²) in [5.41, 5.74) is 1.71. The van der Waals surface area contributed by atoms with Crippen LogP contribution in [0.15, 0.2) is 11.6 Å². The predicted molar refractivity (Wildman–Crippen MR) is 102 cm³/mol. The van der Waals surface area contributed by atoms with Crippen LogP contribution in [0.4, 0.5) is 0 Å². The molecule has 0 unspecified atom stereocenters. The Hall–Kier alpha value is -0.0900. The number of hydrogen-bond donors (Lipinski definition) is 0. The summed E-state index contributed by atoms with van der Waals surface area (Å²) in [6.07, 6.45) is 14.0. The van der Waals surface area contributed by atoms with Crippen molar-refractivity contribution in [2.24, 2.45) is 23.7 Å². The molecule has 2 aliphatic carbocycles. The first-order valence-electron chi connectivity index (χ1n) is 10.4. The number of rotatable bonds is 6. The molecule has 0 amide bonds. The second-order valence-corrected chi connectivity index (χ2v) is 8.45. The van der Waals surface area contributed by atoms with Crippen LogP contribution in [-0.2, 0) is 14.2 Å². The Morgan fingerprint density at radius 2 is 1.44 bits per heavy atom. The molecule has 3 nitrogen and oxygen atoms in total. The van der Waals surface area contributed by atoms with Crippen LogP contribution in [0, 0.1) is 23.7 Å². The first kappa shape index (κ1) is 19.7. The maximum absolute atomic E-state index is 5.98. The molecule has 3 aliphatic rings. The van der Waals surface area contributed by atoms with E-state index in [1.807, 2.05) is 0 Å². The van der Waals surface area contributed by atoms with Gasteiger partial charge in [-0.2, -0.15) is 0 Å². The summed E-state index contributed by atoms with van der Waals surface area (Å²) in [6.45, 7) is 4.33. The molecule has 0 spiro atoms. The van der Waals surface area contributed by atoms with Crippen molar-refractivity contribution < 1.29 is 14.2 Å². The van der Waals surface area contributed by atoms with E-state index in [0.717, 1.165) is 30.8 Å². The van der Waals surface area contributed by atoms with Crippen molar-refractivity contribution >= 4 is 11.6 Å². The lowest BCUT2D eigenvalue weighted by Gasteiger charge is -2.40. The molecule has 0 aromatic carbocycles. The van der Waals surface area contributed by atoms with Gasteiger partial charge in [0.15, 0.2) is 6.29 Å². The molecule has 4 heteroatoms. The van der Waals surface area contributed by atoms with Crippen LogP contribution in [0.2, 0.25) is 0 Å². The van der Waals surface area contributed by atoms with Gasteiger partial charge in [-0.15, -0.1) is 0 Å². The second-order valence-electron chi connectivity index (χ2n) is 8.20. The fourth-order valence-corrected chi connectivity index (χ4v) is 5.16. The number of halogens is 1. The van der Waals surface area contributed by atoms with Crippen LogP contribution in [0.3, 0.4) is 0 Å². The highest BCUT2D eigenvalue weighted by molar-refractivity contribution is 6.25. The summed E-state index contributed by atoms with van der Waals surface area (Å²) in [7, 11) is 0. The topological polar surface area (TPSA) is 27.7 Å². The monoisotopic (exact) mass is 370 g/mol. The van der Waals surface area contributed by atoms with Gasteiger partial charge in [0.1, 0.15) is 6.10 Å². The Bertz CT molecular complexity index is 390. The maximum Gasteiger partial charge on any atom is 0.160 e. The predicted octanol–water partition coefficient (Wildman–Crippen LogP) is 5.52. The molecule has 0 atom stereocenters. The smallest absolute Gasteiger partial charge is 0.160 e. The Labute approximate surface area is 158 Å². The lowest BCUT2D eigenvalue weighted by molar-refractivity contribution is -0.250. The molecule has 0 N–H and O–H groups in total. The van der Waals surface area contributed by atoms with Crippen LogP contribution in [0.1, 0.15) is 64.7 Å². The highest BCUT2D eigenvalue weighted by Gasteiger charge is 2.35. The van der Waals surface area contributed by atoms with Gasteiger partial charge in [0.05, 0.1) is 13.2 Å². The van der Waals surface area contributed by atoms with E-state index in [-0.39, 0.29) is 12.4 Å². The van der Waals surface area contributed by atoms with E-state index in [1.165, 1.54) is 51.4 Å². The van der Waals surface area contributed by atoms with Crippen molar-refractivity contribution in [2.75, 3.05) is 19.8 Å². The minimum atomic E-state index is 0.00650. The fraction of sp³-hybridized carbons (Fsp3) is 0.905. The molecule has 0 bridgehead atoms. The molecule has 0 aromatic rings. The largest absolute Gasteiger partial charge is 0.373 e. The van der Waals surface area contributed by atoms with Gasteiger partial charge in [-0.1, -0.05) is 24.6 Å². The fourth-order valence-electron chi connectivity index (χ4n) is 4.95. The summed E-state index contributed by atoms with van der Waals surface area (Å²) in [4.78, 5) is 0. The Morgan fingerprint density at radius 3 is 2.00 bits per heavy atom. The average Bonchev–Trinajstić information content (AvgIpc) is 2.68. The van der Waals surface area contributed by atoms with Gasteiger partial charge in [-0.25, -0.2) is 0 Å². The molecule has 0 aromatic heterocycles. The summed E-state index contributed by atoms with van der Waals surface area (Å²) < 4.78 is 17.7. The van der Waals surface area contributed by atoms with Crippen molar-refractivity contribution in [3.63, 3.8) is 0 Å². The van der Waals surface area contributed by atoms with Gasteiger partial charge in [0.2, 0.25) is 0 Å². The number of hydrogen-bond acceptors (Lipinski definition) is 3. The van der Waals surface area contributed by atoms with Crippen LogP contribution < -0.4 is 0 Å². The lowest BCUT2D eigenvalue weighted by Crippen LogP contribution is -2.42. The Morgan fingerprint density at radius 1 is 0.880 bits per heavy atom. The molecule has 1 aliphatic heterocycles. The normalized spacial score (nSPS) is 40.4. The third-order valence-corrected chi connectivity index (χ3v) is 6.63. The van der Waals surface area contributed by atoms with E-state index < -0.39 is 0 Å². The maximum atomic E-state index is 5.98. The SMILES string of the molecule is CCCOC1COC(C2CCC(C3CCC(/C=C/Cl)CC3)CC2)OC1. The summed E-state index contributed by atoms with van der Waals surface area (Å²) in [5, 5.41) is 0. The van der Waals surface area contributed by atoms with Gasteiger partial charge in [0.25, 0.3) is 0 Å². The first-order chi connectivity index (χ1) is 12.3. The van der Waals surface area contributed by atoms with E-state index >= 15 is 0 Å². The average molecular weight is 371 g/mol. The van der Waals surface area contributed by atoms with Gasteiger partial charge in [0, 0.05) is 18.1 Å². The van der Waals surface area contributed by atoms with Gasteiger partial charge in [-0.05, 0) is 75.5 Å². The van der Waals surface area contributed by atoms with Crippen LogP contribution in [0.25, 0.3) is 0 Å². The molecule has 2 saturated carbocycles. The second kappa shape index (κ2) is 10.3. The molecule has 25 heavy (non-hydrogen) atoms. The molecule has 1 heterocycles. The van der Waals surface area contributed by atoms with E-state index in [9.17, 15) is 0 Å². The van der Waals surface area contributed by atoms with Crippen molar-refractivity contribution in [2.45, 2.75) is 77.1 Å². The first-order valence-corrected chi connectivity index (χ1v) is 10.9. The molecule has 3 fully saturated rings. The lowest BCUT2D eigenvalue weighted by atomic mass is 9.69. The minimum Gasteiger partial charge on any atom is -0.373 e. The van der Waals surface area contributed by atoms with Gasteiger partial charge >= 0.3 is 0 Å². The zero-order chi connectivity index (χ0) is 17.5. The van der Waals surface area contributed by atoms with Crippen molar-refractivity contribution in [3.8, 4) is 0 Å². The molecular formula is C21H35ClO3. The van der Waals surface area contributed by atoms with Crippen LogP contribution in [-0.4, -0.2) is 32.2 Å². The molecular weight excluding hydrogens is 336 g/mol. The summed E-state index contributed by atoms with van der Waals surface area (Å²) >= 11 is 5.73. The van der Waals surface area contributed by atoms with E-state index in [1.54, 1.807) is 5.54 Å². The van der Waals surface area contributed by atoms with Crippen LogP contribution >= 0.6 is 11.6 Å².